The molecule has 0 bridgehead atoms. The van der Waals surface area contributed by atoms with Crippen LogP contribution >= 0.6 is 0 Å². The summed E-state index contributed by atoms with van der Waals surface area (Å²) in [4.78, 5) is 6.85. The van der Waals surface area contributed by atoms with Crippen molar-refractivity contribution in [3.8, 4) is 0 Å². The Morgan fingerprint density at radius 3 is 3.00 bits per heavy atom. The van der Waals surface area contributed by atoms with Crippen LogP contribution in [0.1, 0.15) is 26.2 Å². The minimum Gasteiger partial charge on any atom is -0.481 e. The smallest absolute Gasteiger partial charge is 0.212 e. The van der Waals surface area contributed by atoms with E-state index in [0.29, 0.717) is 5.88 Å². The van der Waals surface area contributed by atoms with Gasteiger partial charge in [0, 0.05) is 18.0 Å². The van der Waals surface area contributed by atoms with Gasteiger partial charge in [-0.2, -0.15) is 0 Å². The second-order valence-electron chi connectivity index (χ2n) is 4.51. The van der Waals surface area contributed by atoms with Gasteiger partial charge in [0.05, 0.1) is 13.2 Å². The molecule has 0 aromatic carbocycles. The summed E-state index contributed by atoms with van der Waals surface area (Å²) in [5, 5.41) is 0. The maximum atomic E-state index is 5.19. The van der Waals surface area contributed by atoms with E-state index in [4.69, 9.17) is 4.74 Å². The molecular weight excluding hydrogens is 212 g/mol. The summed E-state index contributed by atoms with van der Waals surface area (Å²) in [6.45, 7) is 7.29. The van der Waals surface area contributed by atoms with Gasteiger partial charge in [-0.25, -0.2) is 4.99 Å². The molecule has 0 aromatic heterocycles. The largest absolute Gasteiger partial charge is 0.481 e. The molecule has 2 aliphatic rings. The van der Waals surface area contributed by atoms with Crippen molar-refractivity contribution in [2.45, 2.75) is 32.2 Å². The molecule has 2 rings (SSSR count). The van der Waals surface area contributed by atoms with Gasteiger partial charge < -0.3 is 9.64 Å². The van der Waals surface area contributed by atoms with Gasteiger partial charge in [0.15, 0.2) is 0 Å². The molecule has 0 N–H and O–H groups in total. The minimum absolute atomic E-state index is 0.228. The fraction of sp³-hybridized carbons (Fsp3) is 0.500. The Hall–Kier alpha value is -1.51. The summed E-state index contributed by atoms with van der Waals surface area (Å²) in [5.74, 6) is 0.670. The Balaban J connectivity index is 2.19. The van der Waals surface area contributed by atoms with Crippen molar-refractivity contribution in [2.75, 3.05) is 13.7 Å². The summed E-state index contributed by atoms with van der Waals surface area (Å²) in [5.41, 5.74) is 2.29. The van der Waals surface area contributed by atoms with Crippen molar-refractivity contribution in [1.82, 2.24) is 4.90 Å². The van der Waals surface area contributed by atoms with Crippen LogP contribution in [0.25, 0.3) is 0 Å². The highest BCUT2D eigenvalue weighted by Crippen LogP contribution is 2.24. The number of piperidine rings is 1. The van der Waals surface area contributed by atoms with E-state index in [-0.39, 0.29) is 6.04 Å². The first-order valence-electron chi connectivity index (χ1n) is 6.14. The van der Waals surface area contributed by atoms with Crippen LogP contribution in [-0.2, 0) is 4.74 Å². The summed E-state index contributed by atoms with van der Waals surface area (Å²) in [6, 6.07) is 0.228. The molecule has 2 heterocycles. The van der Waals surface area contributed by atoms with Crippen LogP contribution in [0.4, 0.5) is 0 Å². The highest BCUT2D eigenvalue weighted by atomic mass is 16.5. The zero-order valence-corrected chi connectivity index (χ0v) is 10.6. The number of likely N-dealkylation sites (tertiary alicyclic amines) is 1. The van der Waals surface area contributed by atoms with E-state index >= 15 is 0 Å². The van der Waals surface area contributed by atoms with Gasteiger partial charge in [-0.1, -0.05) is 18.7 Å². The van der Waals surface area contributed by atoms with Crippen molar-refractivity contribution in [3.63, 3.8) is 0 Å². The Labute approximate surface area is 103 Å². The van der Waals surface area contributed by atoms with Gasteiger partial charge in [-0.15, -0.1) is 0 Å². The van der Waals surface area contributed by atoms with Crippen LogP contribution in [0.3, 0.4) is 0 Å². The third kappa shape index (κ3) is 2.60. The van der Waals surface area contributed by atoms with Crippen molar-refractivity contribution in [3.05, 3.63) is 36.4 Å². The van der Waals surface area contributed by atoms with E-state index in [2.05, 4.69) is 29.5 Å². The van der Waals surface area contributed by atoms with Crippen molar-refractivity contribution < 1.29 is 4.74 Å². The molecule has 1 unspecified atom stereocenters. The first kappa shape index (κ1) is 12.0. The molecule has 17 heavy (non-hydrogen) atoms. The van der Waals surface area contributed by atoms with Gasteiger partial charge >= 0.3 is 0 Å². The van der Waals surface area contributed by atoms with Gasteiger partial charge in [0.2, 0.25) is 5.88 Å². The standard InChI is InChI=1S/C14H20N2O/c1-11-7-4-5-10-16(11)13-8-6-9-14(17-3)15-12(13)2/h6,8-9,13H,1,4-5,7,10H2,2-3H3. The van der Waals surface area contributed by atoms with E-state index in [0.717, 1.165) is 18.7 Å². The van der Waals surface area contributed by atoms with Gasteiger partial charge in [-0.3, -0.25) is 0 Å². The van der Waals surface area contributed by atoms with Crippen molar-refractivity contribution >= 4 is 5.71 Å². The topological polar surface area (TPSA) is 24.8 Å². The third-order valence-electron chi connectivity index (χ3n) is 3.31. The number of ether oxygens (including phenoxy) is 1. The van der Waals surface area contributed by atoms with E-state index in [1.54, 1.807) is 7.11 Å². The number of rotatable bonds is 2. The van der Waals surface area contributed by atoms with Gasteiger partial charge in [0.25, 0.3) is 0 Å². The fourth-order valence-electron chi connectivity index (χ4n) is 2.35. The second-order valence-corrected chi connectivity index (χ2v) is 4.51. The minimum atomic E-state index is 0.228. The molecular formula is C14H20N2O. The first-order chi connectivity index (χ1) is 8.22. The van der Waals surface area contributed by atoms with E-state index in [9.17, 15) is 0 Å². The molecule has 3 heteroatoms. The van der Waals surface area contributed by atoms with Crippen LogP contribution in [0, 0.1) is 0 Å². The van der Waals surface area contributed by atoms with Crippen LogP contribution < -0.4 is 0 Å². The Morgan fingerprint density at radius 2 is 2.29 bits per heavy atom. The Bertz CT molecular complexity index is 393. The quantitative estimate of drug-likeness (QED) is 0.731. The van der Waals surface area contributed by atoms with Crippen molar-refractivity contribution in [2.24, 2.45) is 4.99 Å². The molecule has 0 aliphatic carbocycles. The average Bonchev–Trinajstić information content (AvgIpc) is 2.52. The monoisotopic (exact) mass is 232 g/mol. The van der Waals surface area contributed by atoms with Gasteiger partial charge in [-0.05, 0) is 32.3 Å². The zero-order valence-electron chi connectivity index (χ0n) is 10.6. The molecule has 0 amide bonds. The van der Waals surface area contributed by atoms with Gasteiger partial charge in [0.1, 0.15) is 0 Å². The second kappa shape index (κ2) is 5.21. The maximum Gasteiger partial charge on any atom is 0.212 e. The highest BCUT2D eigenvalue weighted by Gasteiger charge is 2.23. The number of allylic oxidation sites excluding steroid dienone is 3. The molecule has 1 fully saturated rings. The molecule has 92 valence electrons. The predicted molar refractivity (Wildman–Crippen MR) is 70.8 cm³/mol. The number of nitrogens with zero attached hydrogens (tertiary/aromatic N) is 2. The van der Waals surface area contributed by atoms with Crippen molar-refractivity contribution in [1.29, 1.82) is 0 Å². The Kier molecular flexibility index (Phi) is 3.67. The zero-order chi connectivity index (χ0) is 12.3. The lowest BCUT2D eigenvalue weighted by Gasteiger charge is -2.36. The summed E-state index contributed by atoms with van der Waals surface area (Å²) < 4.78 is 5.19. The first-order valence-corrected chi connectivity index (χ1v) is 6.14. The third-order valence-corrected chi connectivity index (χ3v) is 3.31. The lowest BCUT2D eigenvalue weighted by Crippen LogP contribution is -2.40. The molecule has 1 saturated heterocycles. The lowest BCUT2D eigenvalue weighted by molar-refractivity contribution is 0.281. The summed E-state index contributed by atoms with van der Waals surface area (Å²) >= 11 is 0. The molecule has 0 radical (unpaired) electrons. The lowest BCUT2D eigenvalue weighted by atomic mass is 10.0. The van der Waals surface area contributed by atoms with Crippen LogP contribution in [0.5, 0.6) is 0 Å². The molecule has 0 aromatic rings. The number of methoxy groups -OCH3 is 1. The average molecular weight is 232 g/mol. The molecule has 2 aliphatic heterocycles. The number of hydrogen-bond acceptors (Lipinski definition) is 3. The number of aliphatic imine (C=N–C) groups is 1. The molecule has 0 saturated carbocycles. The van der Waals surface area contributed by atoms with Crippen LogP contribution in [0.15, 0.2) is 41.4 Å². The summed E-state index contributed by atoms with van der Waals surface area (Å²) in [7, 11) is 1.65. The van der Waals surface area contributed by atoms with E-state index in [1.165, 1.54) is 18.5 Å². The fourth-order valence-corrected chi connectivity index (χ4v) is 2.35. The Morgan fingerprint density at radius 1 is 1.47 bits per heavy atom. The SMILES string of the molecule is C=C1CCCCN1C1C=CC=C(OC)N=C1C. The highest BCUT2D eigenvalue weighted by molar-refractivity contribution is 5.90. The predicted octanol–water partition coefficient (Wildman–Crippen LogP) is 2.87. The summed E-state index contributed by atoms with van der Waals surface area (Å²) in [6.07, 6.45) is 9.68. The van der Waals surface area contributed by atoms with Crippen LogP contribution in [-0.4, -0.2) is 30.3 Å². The number of hydrogen-bond donors (Lipinski definition) is 0. The van der Waals surface area contributed by atoms with E-state index < -0.39 is 0 Å². The molecule has 3 nitrogen and oxygen atoms in total. The van der Waals surface area contributed by atoms with E-state index in [1.807, 2.05) is 12.2 Å². The normalized spacial score (nSPS) is 25.2. The molecule has 0 spiro atoms. The maximum absolute atomic E-state index is 5.19. The van der Waals surface area contributed by atoms with Crippen LogP contribution in [0.2, 0.25) is 0 Å². The molecule has 1 atom stereocenters.